The molecule has 0 amide bonds. The molecule has 1 aliphatic rings. The average molecular weight is 525 g/mol. The van der Waals surface area contributed by atoms with E-state index >= 15 is 0 Å². The average Bonchev–Trinajstić information content (AvgIpc) is 2.88. The first-order valence-corrected chi connectivity index (χ1v) is 12.3. The van der Waals surface area contributed by atoms with Crippen LogP contribution in [0.1, 0.15) is 19.4 Å². The van der Waals surface area contributed by atoms with E-state index in [1.807, 2.05) is 24.3 Å². The fraction of sp³-hybridized carbons (Fsp3) is 0.333. The fourth-order valence-corrected chi connectivity index (χ4v) is 4.59. The largest absolute Gasteiger partial charge is 0.492 e. The van der Waals surface area contributed by atoms with Gasteiger partial charge >= 0.3 is 6.18 Å². The van der Waals surface area contributed by atoms with Gasteiger partial charge in [0, 0.05) is 49.3 Å². The lowest BCUT2D eigenvalue weighted by molar-refractivity contribution is -0.137. The number of nitrogens with one attached hydrogen (secondary N) is 1. The quantitative estimate of drug-likeness (QED) is 0.347. The molecule has 198 valence electrons. The molecule has 1 aromatic carbocycles. The molecule has 2 unspecified atom stereocenters. The molecular formula is C27H27F3N6O2. The maximum atomic E-state index is 13.5. The minimum atomic E-state index is -4.54. The molecule has 4 aromatic rings. The summed E-state index contributed by atoms with van der Waals surface area (Å²) in [4.78, 5) is 19.1. The van der Waals surface area contributed by atoms with Crippen molar-refractivity contribution in [1.82, 2.24) is 24.8 Å². The zero-order chi connectivity index (χ0) is 26.7. The molecule has 0 aliphatic carbocycles. The van der Waals surface area contributed by atoms with Crippen LogP contribution in [0.25, 0.3) is 22.3 Å². The molecule has 2 atom stereocenters. The molecular weight excluding hydrogens is 497 g/mol. The highest BCUT2D eigenvalue weighted by molar-refractivity contribution is 5.89. The van der Waals surface area contributed by atoms with Crippen molar-refractivity contribution in [3.63, 3.8) is 0 Å². The van der Waals surface area contributed by atoms with E-state index in [4.69, 9.17) is 9.47 Å². The summed E-state index contributed by atoms with van der Waals surface area (Å²) in [5, 5.41) is 3.22. The molecule has 1 aliphatic heterocycles. The predicted octanol–water partition coefficient (Wildman–Crippen LogP) is 5.34. The van der Waals surface area contributed by atoms with Crippen molar-refractivity contribution in [1.29, 1.82) is 0 Å². The van der Waals surface area contributed by atoms with Crippen molar-refractivity contribution < 1.29 is 22.6 Å². The van der Waals surface area contributed by atoms with E-state index in [1.165, 1.54) is 30.9 Å². The van der Waals surface area contributed by atoms with Gasteiger partial charge in [-0.25, -0.2) is 15.0 Å². The van der Waals surface area contributed by atoms with Crippen LogP contribution in [0.5, 0.6) is 5.75 Å². The van der Waals surface area contributed by atoms with Crippen molar-refractivity contribution in [3.05, 3.63) is 66.7 Å². The summed E-state index contributed by atoms with van der Waals surface area (Å²) >= 11 is 0. The van der Waals surface area contributed by atoms with Crippen molar-refractivity contribution in [3.8, 4) is 17.0 Å². The second-order valence-corrected chi connectivity index (χ2v) is 9.23. The smallest absolute Gasteiger partial charge is 0.418 e. The standard InChI is InChI=1S/C27H27F3N6O2/c1-17-14-36(15-18(2)38-17)9-10-37-21-6-3-5-20(12-21)35-26-25-23(33-16-34-26)11-19(13-32-25)24-22(27(28,29)30)7-4-8-31-24/h3-8,11-13,16-18H,9-10,14-15H2,1-2H3,(H,33,34,35). The molecule has 0 saturated carbocycles. The number of alkyl halides is 3. The van der Waals surface area contributed by atoms with E-state index in [-0.39, 0.29) is 23.5 Å². The lowest BCUT2D eigenvalue weighted by atomic mass is 10.1. The number of morpholine rings is 1. The molecule has 1 N–H and O–H groups in total. The molecule has 1 saturated heterocycles. The Kier molecular flexibility index (Phi) is 7.39. The van der Waals surface area contributed by atoms with Gasteiger partial charge < -0.3 is 14.8 Å². The summed E-state index contributed by atoms with van der Waals surface area (Å²) in [6, 6.07) is 11.2. The molecule has 5 rings (SSSR count). The summed E-state index contributed by atoms with van der Waals surface area (Å²) in [5.74, 6) is 1.12. The first-order valence-electron chi connectivity index (χ1n) is 12.3. The van der Waals surface area contributed by atoms with Gasteiger partial charge in [0.15, 0.2) is 5.82 Å². The van der Waals surface area contributed by atoms with Crippen LogP contribution in [0.4, 0.5) is 24.7 Å². The Balaban J connectivity index is 1.30. The maximum Gasteiger partial charge on any atom is 0.418 e. The van der Waals surface area contributed by atoms with Crippen molar-refractivity contribution >= 4 is 22.5 Å². The molecule has 11 heteroatoms. The van der Waals surface area contributed by atoms with Gasteiger partial charge in [-0.2, -0.15) is 13.2 Å². The Hall–Kier alpha value is -3.83. The molecule has 38 heavy (non-hydrogen) atoms. The predicted molar refractivity (Wildman–Crippen MR) is 137 cm³/mol. The van der Waals surface area contributed by atoms with Crippen molar-refractivity contribution in [2.45, 2.75) is 32.2 Å². The highest BCUT2D eigenvalue weighted by atomic mass is 19.4. The van der Waals surface area contributed by atoms with Gasteiger partial charge in [-0.05, 0) is 44.2 Å². The lowest BCUT2D eigenvalue weighted by Crippen LogP contribution is -2.46. The van der Waals surface area contributed by atoms with E-state index in [0.29, 0.717) is 29.2 Å². The third-order valence-corrected chi connectivity index (χ3v) is 6.13. The Morgan fingerprint density at radius 1 is 1.03 bits per heavy atom. The van der Waals surface area contributed by atoms with Crippen molar-refractivity contribution in [2.24, 2.45) is 0 Å². The molecule has 3 aromatic heterocycles. The second kappa shape index (κ2) is 10.9. The number of anilines is 2. The molecule has 0 bridgehead atoms. The molecule has 4 heterocycles. The van der Waals surface area contributed by atoms with Gasteiger partial charge in [0.1, 0.15) is 24.2 Å². The molecule has 0 radical (unpaired) electrons. The summed E-state index contributed by atoms with van der Waals surface area (Å²) in [6.07, 6.45) is -0.129. The monoisotopic (exact) mass is 524 g/mol. The third kappa shape index (κ3) is 6.00. The van der Waals surface area contributed by atoms with Gasteiger partial charge in [0.2, 0.25) is 0 Å². The number of halogens is 3. The van der Waals surface area contributed by atoms with Gasteiger partial charge in [-0.1, -0.05) is 6.07 Å². The van der Waals surface area contributed by atoms with Crippen LogP contribution in [0.15, 0.2) is 61.2 Å². The lowest BCUT2D eigenvalue weighted by Gasteiger charge is -2.35. The Labute approximate surface area is 217 Å². The van der Waals surface area contributed by atoms with Crippen LogP contribution in [-0.2, 0) is 10.9 Å². The molecule has 0 spiro atoms. The van der Waals surface area contributed by atoms with Gasteiger partial charge in [-0.3, -0.25) is 9.88 Å². The molecule has 1 fully saturated rings. The van der Waals surface area contributed by atoms with Crippen LogP contribution < -0.4 is 10.1 Å². The zero-order valence-electron chi connectivity index (χ0n) is 20.9. The Morgan fingerprint density at radius 2 is 1.84 bits per heavy atom. The number of hydrogen-bond acceptors (Lipinski definition) is 8. The highest BCUT2D eigenvalue weighted by Gasteiger charge is 2.34. The number of pyridine rings is 2. The first kappa shape index (κ1) is 25.8. The van der Waals surface area contributed by atoms with E-state index in [1.54, 1.807) is 0 Å². The highest BCUT2D eigenvalue weighted by Crippen LogP contribution is 2.36. The number of aromatic nitrogens is 4. The van der Waals surface area contributed by atoms with E-state index < -0.39 is 11.7 Å². The Morgan fingerprint density at radius 3 is 2.63 bits per heavy atom. The van der Waals surface area contributed by atoms with E-state index in [2.05, 4.69) is 44.0 Å². The maximum absolute atomic E-state index is 13.5. The van der Waals surface area contributed by atoms with Crippen LogP contribution in [0.2, 0.25) is 0 Å². The summed E-state index contributed by atoms with van der Waals surface area (Å²) in [7, 11) is 0. The minimum Gasteiger partial charge on any atom is -0.492 e. The normalized spacial score (nSPS) is 18.4. The summed E-state index contributed by atoms with van der Waals surface area (Å²) in [6.45, 7) is 7.24. The van der Waals surface area contributed by atoms with Crippen LogP contribution >= 0.6 is 0 Å². The van der Waals surface area contributed by atoms with E-state index in [9.17, 15) is 13.2 Å². The Bertz CT molecular complexity index is 1410. The number of benzene rings is 1. The SMILES string of the molecule is CC1CN(CCOc2cccc(Nc3ncnc4cc(-c5ncccc5C(F)(F)F)cnc34)c2)CC(C)O1. The van der Waals surface area contributed by atoms with E-state index in [0.717, 1.165) is 31.4 Å². The third-order valence-electron chi connectivity index (χ3n) is 6.13. The van der Waals surface area contributed by atoms with Crippen LogP contribution in [0.3, 0.4) is 0 Å². The number of hydrogen-bond donors (Lipinski definition) is 1. The summed E-state index contributed by atoms with van der Waals surface area (Å²) in [5.41, 5.74) is 0.722. The van der Waals surface area contributed by atoms with Gasteiger partial charge in [-0.15, -0.1) is 0 Å². The van der Waals surface area contributed by atoms with Gasteiger partial charge in [0.05, 0.1) is 29.0 Å². The zero-order valence-corrected chi connectivity index (χ0v) is 20.9. The second-order valence-electron chi connectivity index (χ2n) is 9.23. The number of rotatable bonds is 7. The van der Waals surface area contributed by atoms with Crippen LogP contribution in [0, 0.1) is 0 Å². The number of ether oxygens (including phenoxy) is 2. The number of nitrogens with zero attached hydrogens (tertiary/aromatic N) is 5. The minimum absolute atomic E-state index is 0.201. The molecule has 8 nitrogen and oxygen atoms in total. The number of fused-ring (bicyclic) bond motifs is 1. The van der Waals surface area contributed by atoms with Gasteiger partial charge in [0.25, 0.3) is 0 Å². The van der Waals surface area contributed by atoms with Crippen LogP contribution in [-0.4, -0.2) is 63.3 Å². The first-order chi connectivity index (χ1) is 18.3. The summed E-state index contributed by atoms with van der Waals surface area (Å²) < 4.78 is 52.2. The fourth-order valence-electron chi connectivity index (χ4n) is 4.59. The topological polar surface area (TPSA) is 85.3 Å². The van der Waals surface area contributed by atoms with Crippen molar-refractivity contribution in [2.75, 3.05) is 31.6 Å².